The highest BCUT2D eigenvalue weighted by Gasteiger charge is 2.42. The fraction of sp³-hybridized carbons (Fsp3) is 0.586. The van der Waals surface area contributed by atoms with Crippen LogP contribution in [-0.2, 0) is 5.41 Å². The molecule has 2 aromatic carbocycles. The third kappa shape index (κ3) is 4.47. The van der Waals surface area contributed by atoms with Crippen LogP contribution in [0, 0.1) is 13.8 Å². The van der Waals surface area contributed by atoms with Crippen LogP contribution in [0.1, 0.15) is 112 Å². The Hall–Kier alpha value is -1.56. The average Bonchev–Trinajstić information content (AvgIpc) is 2.96. The summed E-state index contributed by atoms with van der Waals surface area (Å²) in [5.41, 5.74) is 9.41. The second kappa shape index (κ2) is 9.50. The van der Waals surface area contributed by atoms with Gasteiger partial charge in [0.15, 0.2) is 0 Å². The van der Waals surface area contributed by atoms with E-state index in [1.54, 1.807) is 11.1 Å². The molecule has 0 amide bonds. The van der Waals surface area contributed by atoms with Gasteiger partial charge < -0.3 is 0 Å². The number of fused-ring (bicyclic) bond motifs is 5. The molecule has 1 fully saturated rings. The van der Waals surface area contributed by atoms with Gasteiger partial charge in [-0.25, -0.2) is 0 Å². The van der Waals surface area contributed by atoms with Crippen molar-refractivity contribution < 1.29 is 0 Å². The van der Waals surface area contributed by atoms with E-state index < -0.39 is 0 Å². The van der Waals surface area contributed by atoms with Crippen LogP contribution in [0.2, 0.25) is 0 Å². The van der Waals surface area contributed by atoms with E-state index in [1.165, 1.54) is 112 Å². The molecule has 1 saturated carbocycles. The van der Waals surface area contributed by atoms with Crippen LogP contribution in [0.15, 0.2) is 36.4 Å². The smallest absolute Gasteiger partial charge is 0.0215 e. The van der Waals surface area contributed by atoms with Crippen LogP contribution >= 0.6 is 0 Å². The Balaban J connectivity index is 1.68. The molecule has 0 unspecified atom stereocenters. The van der Waals surface area contributed by atoms with E-state index in [2.05, 4.69) is 50.2 Å². The number of hydrogen-bond acceptors (Lipinski definition) is 0. The minimum Gasteiger partial charge on any atom is -0.0587 e. The minimum absolute atomic E-state index is 0.253. The lowest BCUT2D eigenvalue weighted by Gasteiger charge is -2.33. The molecular weight excluding hydrogens is 348 g/mol. The van der Waals surface area contributed by atoms with Crippen LogP contribution in [0.4, 0.5) is 0 Å². The zero-order valence-electron chi connectivity index (χ0n) is 18.9. The lowest BCUT2D eigenvalue weighted by Crippen LogP contribution is -2.25. The molecule has 0 saturated heterocycles. The van der Waals surface area contributed by atoms with E-state index in [-0.39, 0.29) is 5.41 Å². The molecule has 0 bridgehead atoms. The van der Waals surface area contributed by atoms with Crippen molar-refractivity contribution >= 4 is 0 Å². The van der Waals surface area contributed by atoms with Gasteiger partial charge in [0.1, 0.15) is 0 Å². The Morgan fingerprint density at radius 1 is 0.483 bits per heavy atom. The van der Waals surface area contributed by atoms with Gasteiger partial charge in [0, 0.05) is 5.41 Å². The maximum Gasteiger partial charge on any atom is 0.0215 e. The summed E-state index contributed by atoms with van der Waals surface area (Å²) in [6.45, 7) is 4.55. The van der Waals surface area contributed by atoms with Crippen molar-refractivity contribution in [3.63, 3.8) is 0 Å². The van der Waals surface area contributed by atoms with Crippen molar-refractivity contribution in [1.82, 2.24) is 0 Å². The Kier molecular flexibility index (Phi) is 6.78. The van der Waals surface area contributed by atoms with Gasteiger partial charge in [-0.1, -0.05) is 125 Å². The van der Waals surface area contributed by atoms with Crippen molar-refractivity contribution in [1.29, 1.82) is 0 Å². The monoisotopic (exact) mass is 388 g/mol. The Morgan fingerprint density at radius 2 is 0.828 bits per heavy atom. The van der Waals surface area contributed by atoms with Gasteiger partial charge in [-0.2, -0.15) is 0 Å². The molecule has 0 aromatic heterocycles. The van der Waals surface area contributed by atoms with E-state index in [0.29, 0.717) is 0 Å². The first-order valence-electron chi connectivity index (χ1n) is 12.4. The van der Waals surface area contributed by atoms with Gasteiger partial charge in [0.05, 0.1) is 0 Å². The Morgan fingerprint density at radius 3 is 1.21 bits per heavy atom. The first kappa shape index (κ1) is 20.7. The zero-order valence-corrected chi connectivity index (χ0v) is 18.9. The molecule has 29 heavy (non-hydrogen) atoms. The molecule has 1 spiro atoms. The minimum atomic E-state index is 0.253. The highest BCUT2D eigenvalue weighted by atomic mass is 14.4. The number of rotatable bonds is 0. The maximum absolute atomic E-state index is 2.53. The van der Waals surface area contributed by atoms with Crippen LogP contribution in [0.25, 0.3) is 11.1 Å². The fourth-order valence-corrected chi connectivity index (χ4v) is 6.01. The summed E-state index contributed by atoms with van der Waals surface area (Å²) in [5, 5.41) is 0. The van der Waals surface area contributed by atoms with Crippen molar-refractivity contribution in [3.05, 3.63) is 58.7 Å². The van der Waals surface area contributed by atoms with Gasteiger partial charge in [-0.3, -0.25) is 0 Å². The van der Waals surface area contributed by atoms with E-state index in [1.807, 2.05) is 0 Å². The zero-order chi connectivity index (χ0) is 20.1. The summed E-state index contributed by atoms with van der Waals surface area (Å²) < 4.78 is 0. The normalized spacial score (nSPS) is 20.5. The van der Waals surface area contributed by atoms with Crippen molar-refractivity contribution in [3.8, 4) is 11.1 Å². The highest BCUT2D eigenvalue weighted by Crippen LogP contribution is 2.54. The SMILES string of the molecule is Cc1ccc2c(c1)C1(CCCCCCCCCCCCCC1)c1cc(C)ccc1-2. The summed E-state index contributed by atoms with van der Waals surface area (Å²) >= 11 is 0. The Bertz CT molecular complexity index is 743. The summed E-state index contributed by atoms with van der Waals surface area (Å²) in [6.07, 6.45) is 19.8. The Labute approximate surface area is 179 Å². The second-order valence-electron chi connectivity index (χ2n) is 9.92. The molecule has 4 rings (SSSR count). The molecule has 156 valence electrons. The molecule has 2 aliphatic rings. The lowest BCUT2D eigenvalue weighted by molar-refractivity contribution is 0.399. The average molecular weight is 389 g/mol. The number of aryl methyl sites for hydroxylation is 2. The standard InChI is InChI=1S/C29H40/c1-23-15-17-25-26-18-16-24(2)22-28(26)29(27(25)21-23)19-13-11-9-7-5-3-4-6-8-10-12-14-20-29/h15-18,21-22H,3-14,19-20H2,1-2H3. The fourth-order valence-electron chi connectivity index (χ4n) is 6.01. The van der Waals surface area contributed by atoms with Gasteiger partial charge in [-0.05, 0) is 48.9 Å². The first-order chi connectivity index (χ1) is 14.2. The summed E-state index contributed by atoms with van der Waals surface area (Å²) in [5.74, 6) is 0. The van der Waals surface area contributed by atoms with Crippen LogP contribution in [0.5, 0.6) is 0 Å². The summed E-state index contributed by atoms with van der Waals surface area (Å²) in [7, 11) is 0. The lowest BCUT2D eigenvalue weighted by atomic mass is 9.70. The van der Waals surface area contributed by atoms with E-state index >= 15 is 0 Å². The molecular formula is C29H40. The maximum atomic E-state index is 2.53. The third-order valence-corrected chi connectivity index (χ3v) is 7.63. The molecule has 0 N–H and O–H groups in total. The van der Waals surface area contributed by atoms with Gasteiger partial charge in [0.2, 0.25) is 0 Å². The van der Waals surface area contributed by atoms with Crippen LogP contribution < -0.4 is 0 Å². The van der Waals surface area contributed by atoms with Gasteiger partial charge in [-0.15, -0.1) is 0 Å². The molecule has 0 atom stereocenters. The third-order valence-electron chi connectivity index (χ3n) is 7.63. The number of benzene rings is 2. The molecule has 2 aliphatic carbocycles. The van der Waals surface area contributed by atoms with Crippen molar-refractivity contribution in [2.45, 2.75) is 109 Å². The van der Waals surface area contributed by atoms with Gasteiger partial charge >= 0.3 is 0 Å². The quantitative estimate of drug-likeness (QED) is 0.422. The number of hydrogen-bond donors (Lipinski definition) is 0. The largest absolute Gasteiger partial charge is 0.0587 e. The van der Waals surface area contributed by atoms with Crippen LogP contribution in [0.3, 0.4) is 0 Å². The molecule has 0 heteroatoms. The second-order valence-corrected chi connectivity index (χ2v) is 9.92. The summed E-state index contributed by atoms with van der Waals surface area (Å²) in [4.78, 5) is 0. The van der Waals surface area contributed by atoms with Crippen LogP contribution in [-0.4, -0.2) is 0 Å². The molecule has 2 aromatic rings. The topological polar surface area (TPSA) is 0 Å². The van der Waals surface area contributed by atoms with E-state index in [4.69, 9.17) is 0 Å². The molecule has 0 radical (unpaired) electrons. The molecule has 0 nitrogen and oxygen atoms in total. The predicted octanol–water partition coefficient (Wildman–Crippen LogP) is 9.04. The van der Waals surface area contributed by atoms with E-state index in [0.717, 1.165) is 0 Å². The van der Waals surface area contributed by atoms with Crippen molar-refractivity contribution in [2.24, 2.45) is 0 Å². The first-order valence-corrected chi connectivity index (χ1v) is 12.4. The van der Waals surface area contributed by atoms with E-state index in [9.17, 15) is 0 Å². The predicted molar refractivity (Wildman–Crippen MR) is 127 cm³/mol. The summed E-state index contributed by atoms with van der Waals surface area (Å²) in [6, 6.07) is 14.5. The highest BCUT2D eigenvalue weighted by molar-refractivity contribution is 5.81. The van der Waals surface area contributed by atoms with Gasteiger partial charge in [0.25, 0.3) is 0 Å². The molecule has 0 aliphatic heterocycles. The molecule has 0 heterocycles. The van der Waals surface area contributed by atoms with Crippen molar-refractivity contribution in [2.75, 3.05) is 0 Å².